The van der Waals surface area contributed by atoms with E-state index in [1.165, 1.54) is 0 Å². The summed E-state index contributed by atoms with van der Waals surface area (Å²) in [4.78, 5) is 25.7. The first-order valence-corrected chi connectivity index (χ1v) is 7.30. The van der Waals surface area contributed by atoms with Crippen LogP contribution in [0.1, 0.15) is 26.7 Å². The molecule has 4 nitrogen and oxygen atoms in total. The Labute approximate surface area is 113 Å². The zero-order valence-electron chi connectivity index (χ0n) is 11.0. The van der Waals surface area contributed by atoms with E-state index in [4.69, 9.17) is 6.42 Å². The topological polar surface area (TPSA) is 49.4 Å². The average molecular weight is 268 g/mol. The molecule has 0 spiro atoms. The van der Waals surface area contributed by atoms with Gasteiger partial charge in [-0.05, 0) is 13.3 Å². The van der Waals surface area contributed by atoms with E-state index in [9.17, 15) is 9.59 Å². The van der Waals surface area contributed by atoms with E-state index in [1.54, 1.807) is 23.6 Å². The Morgan fingerprint density at radius 2 is 2.28 bits per heavy atom. The smallest absolute Gasteiger partial charge is 0.248 e. The van der Waals surface area contributed by atoms with Gasteiger partial charge >= 0.3 is 0 Å². The number of rotatable bonds is 5. The third kappa shape index (κ3) is 3.67. The van der Waals surface area contributed by atoms with Crippen molar-refractivity contribution < 1.29 is 9.59 Å². The number of nitrogens with one attached hydrogen (secondary N) is 1. The van der Waals surface area contributed by atoms with Gasteiger partial charge in [0.2, 0.25) is 11.8 Å². The van der Waals surface area contributed by atoms with Crippen LogP contribution < -0.4 is 5.32 Å². The van der Waals surface area contributed by atoms with Crippen LogP contribution in [-0.2, 0) is 9.59 Å². The van der Waals surface area contributed by atoms with Crippen molar-refractivity contribution >= 4 is 23.6 Å². The zero-order chi connectivity index (χ0) is 13.6. The molecule has 1 saturated heterocycles. The molecule has 1 N–H and O–H groups in total. The second-order valence-electron chi connectivity index (χ2n) is 4.53. The molecule has 1 unspecified atom stereocenters. The molecule has 2 amide bonds. The van der Waals surface area contributed by atoms with Gasteiger partial charge in [-0.3, -0.25) is 9.59 Å². The van der Waals surface area contributed by atoms with Gasteiger partial charge in [0.1, 0.15) is 5.54 Å². The number of terminal acetylenes is 1. The number of amides is 2. The minimum absolute atomic E-state index is 0.0113. The molecule has 1 rings (SSSR count). The highest BCUT2D eigenvalue weighted by Crippen LogP contribution is 2.18. The molecule has 0 aromatic carbocycles. The minimum atomic E-state index is -0.760. The summed E-state index contributed by atoms with van der Waals surface area (Å²) in [5, 5.41) is 2.82. The molecule has 0 aromatic heterocycles. The zero-order valence-corrected chi connectivity index (χ0v) is 11.8. The van der Waals surface area contributed by atoms with E-state index in [0.717, 1.165) is 5.75 Å². The molecule has 100 valence electrons. The first kappa shape index (κ1) is 14.9. The maximum absolute atomic E-state index is 12.4. The van der Waals surface area contributed by atoms with Crippen molar-refractivity contribution in [1.29, 1.82) is 0 Å². The van der Waals surface area contributed by atoms with Crippen molar-refractivity contribution in [2.75, 3.05) is 24.6 Å². The van der Waals surface area contributed by atoms with Crippen LogP contribution in [0.3, 0.4) is 0 Å². The van der Waals surface area contributed by atoms with E-state index in [2.05, 4.69) is 11.2 Å². The van der Waals surface area contributed by atoms with Crippen molar-refractivity contribution in [3.8, 4) is 12.3 Å². The lowest BCUT2D eigenvalue weighted by molar-refractivity contribution is -0.138. The van der Waals surface area contributed by atoms with Gasteiger partial charge in [-0.2, -0.15) is 0 Å². The van der Waals surface area contributed by atoms with Crippen molar-refractivity contribution in [3.63, 3.8) is 0 Å². The highest BCUT2D eigenvalue weighted by molar-refractivity contribution is 7.99. The van der Waals surface area contributed by atoms with E-state index < -0.39 is 5.54 Å². The van der Waals surface area contributed by atoms with Crippen molar-refractivity contribution in [1.82, 2.24) is 10.2 Å². The highest BCUT2D eigenvalue weighted by atomic mass is 32.2. The lowest BCUT2D eigenvalue weighted by Crippen LogP contribution is -2.54. The average Bonchev–Trinajstić information content (AvgIpc) is 2.46. The van der Waals surface area contributed by atoms with E-state index in [1.807, 2.05) is 6.92 Å². The second kappa shape index (κ2) is 6.69. The van der Waals surface area contributed by atoms with Crippen molar-refractivity contribution in [2.24, 2.45) is 0 Å². The maximum atomic E-state index is 12.4. The standard InChI is InChI=1S/C13H20N2O2S/c1-4-9-18-10-8-15-7-6-11(16)14-13(3,5-2)12(15)17/h1H,5-10H2,2-3H3,(H,14,16). The Morgan fingerprint density at radius 3 is 2.89 bits per heavy atom. The number of hydrogen-bond acceptors (Lipinski definition) is 3. The quantitative estimate of drug-likeness (QED) is 0.594. The summed E-state index contributed by atoms with van der Waals surface area (Å²) in [6.45, 7) is 4.85. The number of nitrogens with zero attached hydrogens (tertiary/aromatic N) is 1. The van der Waals surface area contributed by atoms with E-state index in [-0.39, 0.29) is 11.8 Å². The molecule has 18 heavy (non-hydrogen) atoms. The first-order chi connectivity index (χ1) is 8.53. The van der Waals surface area contributed by atoms with Crippen LogP contribution in [0.5, 0.6) is 0 Å². The lowest BCUT2D eigenvalue weighted by atomic mass is 9.97. The summed E-state index contributed by atoms with van der Waals surface area (Å²) in [6, 6.07) is 0. The van der Waals surface area contributed by atoms with Crippen molar-refractivity contribution in [2.45, 2.75) is 32.2 Å². The summed E-state index contributed by atoms with van der Waals surface area (Å²) in [5.41, 5.74) is -0.760. The van der Waals surface area contributed by atoms with Gasteiger partial charge in [0.25, 0.3) is 0 Å². The van der Waals surface area contributed by atoms with E-state index >= 15 is 0 Å². The number of hydrogen-bond donors (Lipinski definition) is 1. The molecule has 1 fully saturated rings. The molecule has 1 heterocycles. The molecular formula is C13H20N2O2S. The van der Waals surface area contributed by atoms with Crippen LogP contribution in [0.4, 0.5) is 0 Å². The third-order valence-corrected chi connectivity index (χ3v) is 4.02. The molecule has 0 radical (unpaired) electrons. The van der Waals surface area contributed by atoms with Gasteiger partial charge in [-0.15, -0.1) is 18.2 Å². The Kier molecular flexibility index (Phi) is 5.54. The Morgan fingerprint density at radius 1 is 1.56 bits per heavy atom. The van der Waals surface area contributed by atoms with Gasteiger partial charge in [0, 0.05) is 25.3 Å². The van der Waals surface area contributed by atoms with Crippen molar-refractivity contribution in [3.05, 3.63) is 0 Å². The molecule has 1 aliphatic rings. The van der Waals surface area contributed by atoms with Crippen LogP contribution in [0.15, 0.2) is 0 Å². The fourth-order valence-corrected chi connectivity index (χ4v) is 2.48. The fraction of sp³-hybridized carbons (Fsp3) is 0.692. The number of carbonyl (C=O) groups excluding carboxylic acids is 2. The highest BCUT2D eigenvalue weighted by Gasteiger charge is 2.38. The Hall–Kier alpha value is -1.15. The minimum Gasteiger partial charge on any atom is -0.342 e. The van der Waals surface area contributed by atoms with Crippen LogP contribution >= 0.6 is 11.8 Å². The predicted octanol–water partition coefficient (Wildman–Crippen LogP) is 0.870. The molecule has 0 aliphatic carbocycles. The first-order valence-electron chi connectivity index (χ1n) is 6.15. The molecule has 5 heteroatoms. The van der Waals surface area contributed by atoms with Gasteiger partial charge in [-0.25, -0.2) is 0 Å². The largest absolute Gasteiger partial charge is 0.342 e. The summed E-state index contributed by atoms with van der Waals surface area (Å²) in [5.74, 6) is 3.98. The monoisotopic (exact) mass is 268 g/mol. The number of carbonyl (C=O) groups is 2. The molecule has 0 saturated carbocycles. The Bertz CT molecular complexity index is 364. The van der Waals surface area contributed by atoms with Crippen LogP contribution in [0.2, 0.25) is 0 Å². The van der Waals surface area contributed by atoms with Crippen LogP contribution in [0, 0.1) is 12.3 Å². The maximum Gasteiger partial charge on any atom is 0.248 e. The van der Waals surface area contributed by atoms with Gasteiger partial charge in [0.15, 0.2) is 0 Å². The Balaban J connectivity index is 2.64. The normalized spacial score (nSPS) is 24.4. The summed E-state index contributed by atoms with van der Waals surface area (Å²) in [7, 11) is 0. The predicted molar refractivity (Wildman–Crippen MR) is 74.2 cm³/mol. The molecular weight excluding hydrogens is 248 g/mol. The van der Waals surface area contributed by atoms with E-state index in [0.29, 0.717) is 31.7 Å². The fourth-order valence-electron chi connectivity index (χ4n) is 1.87. The summed E-state index contributed by atoms with van der Waals surface area (Å²) >= 11 is 1.63. The van der Waals surface area contributed by atoms with Gasteiger partial charge in [0.05, 0.1) is 5.75 Å². The summed E-state index contributed by atoms with van der Waals surface area (Å²) in [6.07, 6.45) is 6.16. The molecule has 1 atom stereocenters. The van der Waals surface area contributed by atoms with Gasteiger partial charge < -0.3 is 10.2 Å². The molecule has 0 bridgehead atoms. The molecule has 0 aromatic rings. The van der Waals surface area contributed by atoms with Crippen LogP contribution in [0.25, 0.3) is 0 Å². The van der Waals surface area contributed by atoms with Gasteiger partial charge in [-0.1, -0.05) is 12.8 Å². The number of thioether (sulfide) groups is 1. The molecule has 1 aliphatic heterocycles. The second-order valence-corrected chi connectivity index (χ2v) is 5.64. The lowest BCUT2D eigenvalue weighted by Gasteiger charge is -2.31. The summed E-state index contributed by atoms with van der Waals surface area (Å²) < 4.78 is 0. The third-order valence-electron chi connectivity index (χ3n) is 3.18. The van der Waals surface area contributed by atoms with Crippen LogP contribution in [-0.4, -0.2) is 46.8 Å². The SMILES string of the molecule is C#CCSCCN1CCC(=O)NC(C)(CC)C1=O.